The summed E-state index contributed by atoms with van der Waals surface area (Å²) in [5.74, 6) is 1.89. The average molecular weight is 261 g/mol. The van der Waals surface area contributed by atoms with E-state index >= 15 is 0 Å². The van der Waals surface area contributed by atoms with Gasteiger partial charge in [-0.1, -0.05) is 22.9 Å². The lowest BCUT2D eigenvalue weighted by atomic mass is 10.2. The van der Waals surface area contributed by atoms with Gasteiger partial charge < -0.3 is 0 Å². The summed E-state index contributed by atoms with van der Waals surface area (Å²) < 4.78 is 4.28. The van der Waals surface area contributed by atoms with E-state index in [2.05, 4.69) is 32.2 Å². The van der Waals surface area contributed by atoms with Gasteiger partial charge in [-0.15, -0.1) is 0 Å². The zero-order valence-electron chi connectivity index (χ0n) is 7.66. The van der Waals surface area contributed by atoms with Crippen LogP contribution in [0.5, 0.6) is 0 Å². The Balaban J connectivity index is 1.92. The van der Waals surface area contributed by atoms with Crippen LogP contribution in [0.25, 0.3) is 0 Å². The van der Waals surface area contributed by atoms with Crippen molar-refractivity contribution < 1.29 is 0 Å². The summed E-state index contributed by atoms with van der Waals surface area (Å²) in [5.41, 5.74) is 0. The van der Waals surface area contributed by atoms with Gasteiger partial charge in [-0.05, 0) is 30.3 Å². The molecule has 1 aliphatic rings. The van der Waals surface area contributed by atoms with Gasteiger partial charge in [0.25, 0.3) is 0 Å². The zero-order valence-corrected chi connectivity index (χ0v) is 10.1. The maximum Gasteiger partial charge on any atom is 0.142 e. The highest BCUT2D eigenvalue weighted by atomic mass is 79.9. The molecule has 2 rings (SSSR count). The number of aryl methyl sites for hydroxylation is 1. The Labute approximate surface area is 91.1 Å². The predicted molar refractivity (Wildman–Crippen MR) is 58.4 cm³/mol. The van der Waals surface area contributed by atoms with E-state index < -0.39 is 0 Å². The number of rotatable bonds is 4. The number of aromatic nitrogens is 2. The first kappa shape index (κ1) is 9.59. The molecule has 0 N–H and O–H groups in total. The van der Waals surface area contributed by atoms with Gasteiger partial charge in [0.2, 0.25) is 0 Å². The third-order valence-electron chi connectivity index (χ3n) is 2.33. The third-order valence-corrected chi connectivity index (χ3v) is 4.17. The lowest BCUT2D eigenvalue weighted by Gasteiger charge is -2.03. The molecular formula is C9H13BrN2S. The zero-order chi connectivity index (χ0) is 9.26. The SMILES string of the molecule is CCc1nsc(CC(Br)C2CC2)n1. The molecule has 13 heavy (non-hydrogen) atoms. The molecule has 1 fully saturated rings. The molecule has 1 aromatic rings. The monoisotopic (exact) mass is 260 g/mol. The van der Waals surface area contributed by atoms with Crippen molar-refractivity contribution in [2.75, 3.05) is 0 Å². The normalized spacial score (nSPS) is 18.9. The van der Waals surface area contributed by atoms with Crippen molar-refractivity contribution in [3.8, 4) is 0 Å². The Morgan fingerprint density at radius 1 is 1.62 bits per heavy atom. The summed E-state index contributed by atoms with van der Waals surface area (Å²) in [7, 11) is 0. The Kier molecular flexibility index (Phi) is 2.99. The Bertz CT molecular complexity index is 283. The van der Waals surface area contributed by atoms with E-state index in [-0.39, 0.29) is 0 Å². The third kappa shape index (κ3) is 2.50. The molecule has 0 aliphatic heterocycles. The van der Waals surface area contributed by atoms with Crippen LogP contribution in [-0.4, -0.2) is 14.2 Å². The second-order valence-corrected chi connectivity index (χ2v) is 5.53. The topological polar surface area (TPSA) is 25.8 Å². The number of hydrogen-bond donors (Lipinski definition) is 0. The first-order chi connectivity index (χ1) is 6.29. The standard InChI is InChI=1S/C9H13BrN2S/c1-2-8-11-9(13-12-8)5-7(10)6-3-4-6/h6-7H,2-5H2,1H3. The van der Waals surface area contributed by atoms with Gasteiger partial charge in [0.05, 0.1) is 0 Å². The molecule has 0 bridgehead atoms. The van der Waals surface area contributed by atoms with Crippen molar-refractivity contribution in [3.63, 3.8) is 0 Å². The highest BCUT2D eigenvalue weighted by Gasteiger charge is 2.29. The lowest BCUT2D eigenvalue weighted by Crippen LogP contribution is -2.04. The fourth-order valence-corrected chi connectivity index (χ4v) is 3.14. The summed E-state index contributed by atoms with van der Waals surface area (Å²) in [6.45, 7) is 2.10. The quantitative estimate of drug-likeness (QED) is 0.779. The molecule has 2 nitrogen and oxygen atoms in total. The fourth-order valence-electron chi connectivity index (χ4n) is 1.31. The fraction of sp³-hybridized carbons (Fsp3) is 0.778. The summed E-state index contributed by atoms with van der Waals surface area (Å²) in [5, 5.41) is 1.19. The Morgan fingerprint density at radius 2 is 2.38 bits per heavy atom. The smallest absolute Gasteiger partial charge is 0.142 e. The van der Waals surface area contributed by atoms with Crippen LogP contribution in [-0.2, 0) is 12.8 Å². The summed E-state index contributed by atoms with van der Waals surface area (Å²) in [4.78, 5) is 5.09. The maximum absolute atomic E-state index is 4.46. The molecule has 72 valence electrons. The largest absolute Gasteiger partial charge is 0.225 e. The minimum absolute atomic E-state index is 0.630. The van der Waals surface area contributed by atoms with Crippen molar-refractivity contribution in [3.05, 3.63) is 10.8 Å². The number of hydrogen-bond acceptors (Lipinski definition) is 3. The molecule has 0 saturated heterocycles. The van der Waals surface area contributed by atoms with E-state index in [4.69, 9.17) is 0 Å². The van der Waals surface area contributed by atoms with Crippen molar-refractivity contribution in [2.45, 2.75) is 37.4 Å². The molecule has 0 radical (unpaired) electrons. The van der Waals surface area contributed by atoms with Crippen LogP contribution in [0.2, 0.25) is 0 Å². The average Bonchev–Trinajstić information content (AvgIpc) is 2.88. The molecule has 1 aliphatic carbocycles. The van der Waals surface area contributed by atoms with Crippen molar-refractivity contribution in [1.82, 2.24) is 9.36 Å². The number of halogens is 1. The van der Waals surface area contributed by atoms with Crippen molar-refractivity contribution >= 4 is 27.5 Å². The summed E-state index contributed by atoms with van der Waals surface area (Å²) in [6.07, 6.45) is 4.78. The van der Waals surface area contributed by atoms with Gasteiger partial charge >= 0.3 is 0 Å². The molecule has 1 saturated carbocycles. The van der Waals surface area contributed by atoms with E-state index in [1.54, 1.807) is 11.5 Å². The highest BCUT2D eigenvalue weighted by Crippen LogP contribution is 2.38. The molecule has 0 amide bonds. The molecular weight excluding hydrogens is 248 g/mol. The minimum atomic E-state index is 0.630. The van der Waals surface area contributed by atoms with Crippen LogP contribution in [0.15, 0.2) is 0 Å². The summed E-state index contributed by atoms with van der Waals surface area (Å²) >= 11 is 5.27. The molecule has 1 unspecified atom stereocenters. The van der Waals surface area contributed by atoms with E-state index in [9.17, 15) is 0 Å². The van der Waals surface area contributed by atoms with E-state index in [0.717, 1.165) is 24.6 Å². The van der Waals surface area contributed by atoms with Crippen LogP contribution in [0.3, 0.4) is 0 Å². The van der Waals surface area contributed by atoms with Gasteiger partial charge in [0.15, 0.2) is 0 Å². The van der Waals surface area contributed by atoms with Gasteiger partial charge in [-0.2, -0.15) is 4.37 Å². The van der Waals surface area contributed by atoms with Gasteiger partial charge in [-0.25, -0.2) is 4.98 Å². The van der Waals surface area contributed by atoms with E-state index in [1.165, 1.54) is 17.8 Å². The molecule has 0 aromatic carbocycles. The van der Waals surface area contributed by atoms with Gasteiger partial charge in [0.1, 0.15) is 10.8 Å². The second kappa shape index (κ2) is 4.05. The van der Waals surface area contributed by atoms with Crippen LogP contribution < -0.4 is 0 Å². The second-order valence-electron chi connectivity index (χ2n) is 3.52. The van der Waals surface area contributed by atoms with Crippen LogP contribution in [0.4, 0.5) is 0 Å². The molecule has 1 heterocycles. The first-order valence-electron chi connectivity index (χ1n) is 4.75. The van der Waals surface area contributed by atoms with Gasteiger partial charge in [0, 0.05) is 17.7 Å². The van der Waals surface area contributed by atoms with E-state index in [0.29, 0.717) is 4.83 Å². The number of nitrogens with zero attached hydrogens (tertiary/aromatic N) is 2. The van der Waals surface area contributed by atoms with E-state index in [1.807, 2.05) is 0 Å². The summed E-state index contributed by atoms with van der Waals surface area (Å²) in [6, 6.07) is 0. The van der Waals surface area contributed by atoms with Crippen molar-refractivity contribution in [2.24, 2.45) is 5.92 Å². The predicted octanol–water partition coefficient (Wildman–Crippen LogP) is 2.82. The Morgan fingerprint density at radius 3 is 2.92 bits per heavy atom. The molecule has 4 heteroatoms. The van der Waals surface area contributed by atoms with Gasteiger partial charge in [-0.3, -0.25) is 0 Å². The lowest BCUT2D eigenvalue weighted by molar-refractivity contribution is 0.753. The Hall–Kier alpha value is 0.0400. The first-order valence-corrected chi connectivity index (χ1v) is 6.44. The van der Waals surface area contributed by atoms with Crippen molar-refractivity contribution in [1.29, 1.82) is 0 Å². The maximum atomic E-state index is 4.46. The van der Waals surface area contributed by atoms with Crippen LogP contribution >= 0.6 is 27.5 Å². The molecule has 1 aromatic heterocycles. The highest BCUT2D eigenvalue weighted by molar-refractivity contribution is 9.09. The van der Waals surface area contributed by atoms with Crippen LogP contribution in [0.1, 0.15) is 30.6 Å². The van der Waals surface area contributed by atoms with Crippen LogP contribution in [0, 0.1) is 5.92 Å². The minimum Gasteiger partial charge on any atom is -0.225 e. The molecule has 0 spiro atoms. The molecule has 1 atom stereocenters. The number of alkyl halides is 1.